The molecule has 2 aromatic rings. The molecule has 1 unspecified atom stereocenters. The molecule has 0 bridgehead atoms. The molecule has 2 aromatic carbocycles. The first kappa shape index (κ1) is 17.5. The number of hydrogen-bond acceptors (Lipinski definition) is 3. The zero-order valence-electron chi connectivity index (χ0n) is 14.0. The summed E-state index contributed by atoms with van der Waals surface area (Å²) in [6.07, 6.45) is 0.793. The number of carbonyl (C=O) groups is 2. The molecule has 0 aliphatic rings. The van der Waals surface area contributed by atoms with Crippen molar-refractivity contribution in [3.05, 3.63) is 59.7 Å². The van der Waals surface area contributed by atoms with Crippen molar-refractivity contribution in [3.8, 4) is 0 Å². The van der Waals surface area contributed by atoms with E-state index in [2.05, 4.69) is 10.6 Å². The number of rotatable bonds is 6. The fourth-order valence-corrected chi connectivity index (χ4v) is 2.17. The molecule has 4 N–H and O–H groups in total. The highest BCUT2D eigenvalue weighted by atomic mass is 16.2. The van der Waals surface area contributed by atoms with Crippen LogP contribution < -0.4 is 16.4 Å². The Bertz CT molecular complexity index is 728. The van der Waals surface area contributed by atoms with Crippen LogP contribution in [0.5, 0.6) is 0 Å². The molecule has 1 atom stereocenters. The summed E-state index contributed by atoms with van der Waals surface area (Å²) in [6.45, 7) is 4.25. The van der Waals surface area contributed by atoms with E-state index in [0.717, 1.165) is 17.7 Å². The van der Waals surface area contributed by atoms with Gasteiger partial charge in [-0.15, -0.1) is 0 Å². The Morgan fingerprint density at radius 3 is 2.58 bits per heavy atom. The fourth-order valence-electron chi connectivity index (χ4n) is 2.17. The van der Waals surface area contributed by atoms with Gasteiger partial charge in [0.1, 0.15) is 0 Å². The number of carbonyl (C=O) groups excluding carboxylic acids is 2. The zero-order chi connectivity index (χ0) is 17.5. The minimum atomic E-state index is -0.184. The Hall–Kier alpha value is -2.82. The van der Waals surface area contributed by atoms with Crippen molar-refractivity contribution in [3.63, 3.8) is 0 Å². The van der Waals surface area contributed by atoms with Crippen LogP contribution in [0.3, 0.4) is 0 Å². The predicted octanol–water partition coefficient (Wildman–Crippen LogP) is 3.18. The molecule has 0 saturated carbocycles. The molecule has 0 fully saturated rings. The van der Waals surface area contributed by atoms with Crippen LogP contribution in [0, 0.1) is 5.92 Å². The summed E-state index contributed by atoms with van der Waals surface area (Å²) in [6, 6.07) is 14.3. The Labute approximate surface area is 142 Å². The van der Waals surface area contributed by atoms with Gasteiger partial charge in [-0.3, -0.25) is 9.59 Å². The number of anilines is 2. The molecule has 0 saturated heterocycles. The van der Waals surface area contributed by atoms with Gasteiger partial charge in [0.2, 0.25) is 5.91 Å². The second-order valence-corrected chi connectivity index (χ2v) is 5.81. The van der Waals surface area contributed by atoms with E-state index in [1.165, 1.54) is 0 Å². The van der Waals surface area contributed by atoms with Crippen molar-refractivity contribution in [2.24, 2.45) is 5.92 Å². The first-order valence-corrected chi connectivity index (χ1v) is 8.03. The van der Waals surface area contributed by atoms with E-state index in [1.54, 1.807) is 24.3 Å². The lowest BCUT2D eigenvalue weighted by molar-refractivity contribution is -0.119. The smallest absolute Gasteiger partial charge is 0.251 e. The van der Waals surface area contributed by atoms with Crippen LogP contribution in [-0.2, 0) is 11.3 Å². The maximum atomic E-state index is 12.1. The van der Waals surface area contributed by atoms with Gasteiger partial charge in [-0.1, -0.05) is 32.0 Å². The average molecular weight is 325 g/mol. The highest BCUT2D eigenvalue weighted by Crippen LogP contribution is 2.13. The predicted molar refractivity (Wildman–Crippen MR) is 96.6 cm³/mol. The summed E-state index contributed by atoms with van der Waals surface area (Å²) in [4.78, 5) is 24.1. The normalized spacial score (nSPS) is 11.6. The molecular formula is C19H23N3O2. The SMILES string of the molecule is CCC(C)C(=O)Nc1cccc(CNC(=O)c2cccc(N)c2)c1. The maximum absolute atomic E-state index is 12.1. The molecule has 0 aliphatic heterocycles. The van der Waals surface area contributed by atoms with E-state index in [1.807, 2.05) is 38.1 Å². The standard InChI is InChI=1S/C19H23N3O2/c1-3-13(2)18(23)22-17-9-4-6-14(10-17)12-21-19(24)15-7-5-8-16(20)11-15/h4-11,13H,3,12,20H2,1-2H3,(H,21,24)(H,22,23). The second-order valence-electron chi connectivity index (χ2n) is 5.81. The lowest BCUT2D eigenvalue weighted by Gasteiger charge is -2.11. The number of amides is 2. The van der Waals surface area contributed by atoms with Crippen molar-refractivity contribution in [1.29, 1.82) is 0 Å². The van der Waals surface area contributed by atoms with E-state index >= 15 is 0 Å². The highest BCUT2D eigenvalue weighted by Gasteiger charge is 2.11. The van der Waals surface area contributed by atoms with Crippen molar-refractivity contribution in [1.82, 2.24) is 5.32 Å². The van der Waals surface area contributed by atoms with Gasteiger partial charge in [0.25, 0.3) is 5.91 Å². The van der Waals surface area contributed by atoms with Crippen molar-refractivity contribution < 1.29 is 9.59 Å². The van der Waals surface area contributed by atoms with Gasteiger partial charge in [-0.25, -0.2) is 0 Å². The van der Waals surface area contributed by atoms with E-state index < -0.39 is 0 Å². The molecule has 0 radical (unpaired) electrons. The summed E-state index contributed by atoms with van der Waals surface area (Å²) >= 11 is 0. The Morgan fingerprint density at radius 2 is 1.88 bits per heavy atom. The molecule has 126 valence electrons. The Balaban J connectivity index is 1.97. The summed E-state index contributed by atoms with van der Waals surface area (Å²) < 4.78 is 0. The lowest BCUT2D eigenvalue weighted by Crippen LogP contribution is -2.23. The molecule has 0 spiro atoms. The van der Waals surface area contributed by atoms with E-state index in [-0.39, 0.29) is 17.7 Å². The van der Waals surface area contributed by atoms with Crippen LogP contribution in [-0.4, -0.2) is 11.8 Å². The summed E-state index contributed by atoms with van der Waals surface area (Å²) in [7, 11) is 0. The van der Waals surface area contributed by atoms with Crippen LogP contribution in [0.1, 0.15) is 36.2 Å². The molecule has 24 heavy (non-hydrogen) atoms. The number of nitrogen functional groups attached to an aromatic ring is 1. The number of nitrogens with one attached hydrogen (secondary N) is 2. The van der Waals surface area contributed by atoms with Gasteiger partial charge in [-0.05, 0) is 42.3 Å². The second kappa shape index (κ2) is 8.15. The molecule has 5 nitrogen and oxygen atoms in total. The maximum Gasteiger partial charge on any atom is 0.251 e. The fraction of sp³-hybridized carbons (Fsp3) is 0.263. The third kappa shape index (κ3) is 4.84. The van der Waals surface area contributed by atoms with Gasteiger partial charge < -0.3 is 16.4 Å². The number of nitrogens with two attached hydrogens (primary N) is 1. The van der Waals surface area contributed by atoms with Gasteiger partial charge in [0, 0.05) is 29.4 Å². The quantitative estimate of drug-likeness (QED) is 0.713. The van der Waals surface area contributed by atoms with E-state index in [4.69, 9.17) is 5.73 Å². The van der Waals surface area contributed by atoms with Crippen molar-refractivity contribution in [2.75, 3.05) is 11.1 Å². The van der Waals surface area contributed by atoms with Gasteiger partial charge in [-0.2, -0.15) is 0 Å². The minimum absolute atomic E-state index is 0.00144. The largest absolute Gasteiger partial charge is 0.399 e. The topological polar surface area (TPSA) is 84.2 Å². The van der Waals surface area contributed by atoms with Crippen LogP contribution in [0.15, 0.2) is 48.5 Å². The Kier molecular flexibility index (Phi) is 5.95. The molecule has 2 rings (SSSR count). The molecule has 2 amide bonds. The molecule has 0 aromatic heterocycles. The third-order valence-electron chi connectivity index (χ3n) is 3.86. The number of hydrogen-bond donors (Lipinski definition) is 3. The summed E-state index contributed by atoms with van der Waals surface area (Å²) in [5.41, 5.74) is 8.41. The lowest BCUT2D eigenvalue weighted by atomic mass is 10.1. The van der Waals surface area contributed by atoms with Gasteiger partial charge in [0.15, 0.2) is 0 Å². The van der Waals surface area contributed by atoms with Crippen molar-refractivity contribution in [2.45, 2.75) is 26.8 Å². The average Bonchev–Trinajstić information content (AvgIpc) is 2.59. The van der Waals surface area contributed by atoms with E-state index in [9.17, 15) is 9.59 Å². The highest BCUT2D eigenvalue weighted by molar-refractivity contribution is 5.95. The first-order valence-electron chi connectivity index (χ1n) is 8.03. The number of benzene rings is 2. The van der Waals surface area contributed by atoms with Gasteiger partial charge >= 0.3 is 0 Å². The molecule has 0 heterocycles. The molecule has 0 aliphatic carbocycles. The van der Waals surface area contributed by atoms with Crippen LogP contribution in [0.4, 0.5) is 11.4 Å². The van der Waals surface area contributed by atoms with Crippen LogP contribution >= 0.6 is 0 Å². The van der Waals surface area contributed by atoms with E-state index in [0.29, 0.717) is 17.8 Å². The molecule has 5 heteroatoms. The van der Waals surface area contributed by atoms with Gasteiger partial charge in [0.05, 0.1) is 0 Å². The van der Waals surface area contributed by atoms with Crippen molar-refractivity contribution >= 4 is 23.2 Å². The zero-order valence-corrected chi connectivity index (χ0v) is 14.0. The third-order valence-corrected chi connectivity index (χ3v) is 3.86. The monoisotopic (exact) mass is 325 g/mol. The Morgan fingerprint density at radius 1 is 1.12 bits per heavy atom. The molecular weight excluding hydrogens is 302 g/mol. The van der Waals surface area contributed by atoms with Crippen LogP contribution in [0.2, 0.25) is 0 Å². The summed E-state index contributed by atoms with van der Waals surface area (Å²) in [5, 5.41) is 5.74. The first-order chi connectivity index (χ1) is 11.5. The minimum Gasteiger partial charge on any atom is -0.399 e. The summed E-state index contributed by atoms with van der Waals surface area (Å²) in [5.74, 6) is -0.216. The van der Waals surface area contributed by atoms with Crippen LogP contribution in [0.25, 0.3) is 0 Å².